The number of amides is 2. The minimum Gasteiger partial charge on any atom is -0.495 e. The standard InChI is InChI=1S/C22H27N3O5/c1-4-14-30-22-16(8-7-11-19(22)29-3)15-23-25-21(27)13-12-20(26)24-17-9-5-6-10-18(17)28-2/h5-11,15H,4,12-14H2,1-3H3,(H,24,26)(H,25,27). The Balaban J connectivity index is 1.87. The van der Waals surface area contributed by atoms with Crippen LogP contribution in [0, 0.1) is 0 Å². The van der Waals surface area contributed by atoms with Crippen molar-refractivity contribution < 1.29 is 23.8 Å². The van der Waals surface area contributed by atoms with Gasteiger partial charge in [-0.3, -0.25) is 9.59 Å². The number of carbonyl (C=O) groups excluding carboxylic acids is 2. The van der Waals surface area contributed by atoms with E-state index in [0.717, 1.165) is 6.42 Å². The average Bonchev–Trinajstić information content (AvgIpc) is 2.77. The van der Waals surface area contributed by atoms with Gasteiger partial charge in [-0.15, -0.1) is 0 Å². The van der Waals surface area contributed by atoms with Crippen LogP contribution in [0.5, 0.6) is 17.2 Å². The first-order valence-corrected chi connectivity index (χ1v) is 9.63. The second kappa shape index (κ2) is 12.1. The van der Waals surface area contributed by atoms with E-state index in [0.29, 0.717) is 35.1 Å². The smallest absolute Gasteiger partial charge is 0.240 e. The maximum Gasteiger partial charge on any atom is 0.240 e. The number of anilines is 1. The van der Waals surface area contributed by atoms with Crippen LogP contribution in [0.25, 0.3) is 0 Å². The molecule has 160 valence electrons. The highest BCUT2D eigenvalue weighted by molar-refractivity contribution is 5.94. The number of rotatable bonds is 11. The largest absolute Gasteiger partial charge is 0.495 e. The van der Waals surface area contributed by atoms with Crippen molar-refractivity contribution in [3.05, 3.63) is 48.0 Å². The Bertz CT molecular complexity index is 883. The number of hydrogen-bond acceptors (Lipinski definition) is 6. The maximum atomic E-state index is 12.1. The van der Waals surface area contributed by atoms with E-state index in [-0.39, 0.29) is 24.7 Å². The Kier molecular flexibility index (Phi) is 9.18. The van der Waals surface area contributed by atoms with Crippen LogP contribution in [-0.2, 0) is 9.59 Å². The fourth-order valence-corrected chi connectivity index (χ4v) is 2.57. The van der Waals surface area contributed by atoms with Crippen LogP contribution in [0.1, 0.15) is 31.7 Å². The van der Waals surface area contributed by atoms with Crippen molar-refractivity contribution in [3.63, 3.8) is 0 Å². The van der Waals surface area contributed by atoms with Gasteiger partial charge in [0.15, 0.2) is 11.5 Å². The third-order valence-electron chi connectivity index (χ3n) is 4.03. The topological polar surface area (TPSA) is 98.2 Å². The third kappa shape index (κ3) is 6.80. The molecule has 2 N–H and O–H groups in total. The summed E-state index contributed by atoms with van der Waals surface area (Å²) in [6, 6.07) is 12.5. The Morgan fingerprint density at radius 1 is 0.967 bits per heavy atom. The summed E-state index contributed by atoms with van der Waals surface area (Å²) in [5.41, 5.74) is 3.66. The molecule has 0 bridgehead atoms. The van der Waals surface area contributed by atoms with E-state index in [4.69, 9.17) is 14.2 Å². The zero-order valence-electron chi connectivity index (χ0n) is 17.4. The summed E-state index contributed by atoms with van der Waals surface area (Å²) in [6.45, 7) is 2.54. The molecule has 0 spiro atoms. The predicted molar refractivity (Wildman–Crippen MR) is 115 cm³/mol. The number of nitrogens with zero attached hydrogens (tertiary/aromatic N) is 1. The first-order chi connectivity index (χ1) is 14.6. The summed E-state index contributed by atoms with van der Waals surface area (Å²) in [7, 11) is 3.09. The molecule has 0 saturated heterocycles. The minimum absolute atomic E-state index is 0.00434. The van der Waals surface area contributed by atoms with Gasteiger partial charge in [-0.25, -0.2) is 5.43 Å². The van der Waals surface area contributed by atoms with E-state index in [1.807, 2.05) is 19.1 Å². The Morgan fingerprint density at radius 2 is 1.67 bits per heavy atom. The molecule has 30 heavy (non-hydrogen) atoms. The van der Waals surface area contributed by atoms with Gasteiger partial charge in [-0.05, 0) is 30.7 Å². The zero-order valence-corrected chi connectivity index (χ0v) is 17.4. The fraction of sp³-hybridized carbons (Fsp3) is 0.318. The van der Waals surface area contributed by atoms with Crippen LogP contribution in [0.4, 0.5) is 5.69 Å². The van der Waals surface area contributed by atoms with Crippen molar-refractivity contribution in [2.45, 2.75) is 26.2 Å². The van der Waals surface area contributed by atoms with E-state index in [1.54, 1.807) is 37.4 Å². The van der Waals surface area contributed by atoms with Gasteiger partial charge < -0.3 is 19.5 Å². The Morgan fingerprint density at radius 3 is 2.40 bits per heavy atom. The normalized spacial score (nSPS) is 10.5. The molecule has 0 aliphatic heterocycles. The van der Waals surface area contributed by atoms with Crippen molar-refractivity contribution in [3.8, 4) is 17.2 Å². The van der Waals surface area contributed by atoms with Gasteiger partial charge >= 0.3 is 0 Å². The fourth-order valence-electron chi connectivity index (χ4n) is 2.57. The third-order valence-corrected chi connectivity index (χ3v) is 4.03. The highest BCUT2D eigenvalue weighted by Crippen LogP contribution is 2.30. The second-order valence-electron chi connectivity index (χ2n) is 6.27. The quantitative estimate of drug-likeness (QED) is 0.435. The number of hydrogen-bond donors (Lipinski definition) is 2. The van der Waals surface area contributed by atoms with Gasteiger partial charge in [0.2, 0.25) is 11.8 Å². The number of carbonyl (C=O) groups is 2. The molecule has 0 aromatic heterocycles. The van der Waals surface area contributed by atoms with Gasteiger partial charge in [0, 0.05) is 18.4 Å². The lowest BCUT2D eigenvalue weighted by Gasteiger charge is -2.12. The molecule has 8 nitrogen and oxygen atoms in total. The molecule has 2 aromatic carbocycles. The maximum absolute atomic E-state index is 12.1. The Hall–Kier alpha value is -3.55. The molecule has 2 amide bonds. The first-order valence-electron chi connectivity index (χ1n) is 9.63. The molecule has 0 fully saturated rings. The molecule has 0 saturated carbocycles. The molecular weight excluding hydrogens is 386 g/mol. The van der Waals surface area contributed by atoms with Gasteiger partial charge in [0.05, 0.1) is 32.7 Å². The molecule has 0 heterocycles. The SMILES string of the molecule is CCCOc1c(C=NNC(=O)CCC(=O)Nc2ccccc2OC)cccc1OC. The molecule has 0 aliphatic carbocycles. The van der Waals surface area contributed by atoms with Crippen LogP contribution in [0.15, 0.2) is 47.6 Å². The second-order valence-corrected chi connectivity index (χ2v) is 6.27. The molecular formula is C22H27N3O5. The highest BCUT2D eigenvalue weighted by atomic mass is 16.5. The first kappa shape index (κ1) is 22.7. The van der Waals surface area contributed by atoms with Crippen LogP contribution in [0.2, 0.25) is 0 Å². The van der Waals surface area contributed by atoms with E-state index in [2.05, 4.69) is 15.8 Å². The van der Waals surface area contributed by atoms with Crippen molar-refractivity contribution in [2.24, 2.45) is 5.10 Å². The van der Waals surface area contributed by atoms with Gasteiger partial charge in [0.1, 0.15) is 5.75 Å². The molecule has 2 aromatic rings. The van der Waals surface area contributed by atoms with Crippen molar-refractivity contribution in [2.75, 3.05) is 26.1 Å². The molecule has 0 unspecified atom stereocenters. The molecule has 8 heteroatoms. The number of nitrogens with one attached hydrogen (secondary N) is 2. The van der Waals surface area contributed by atoms with E-state index >= 15 is 0 Å². The van der Waals surface area contributed by atoms with E-state index in [9.17, 15) is 9.59 Å². The van der Waals surface area contributed by atoms with Gasteiger partial charge in [0.25, 0.3) is 0 Å². The average molecular weight is 413 g/mol. The number of ether oxygens (including phenoxy) is 3. The molecule has 0 radical (unpaired) electrons. The summed E-state index contributed by atoms with van der Waals surface area (Å²) >= 11 is 0. The molecule has 0 aliphatic rings. The van der Waals surface area contributed by atoms with Gasteiger partial charge in [-0.2, -0.15) is 5.10 Å². The summed E-state index contributed by atoms with van der Waals surface area (Å²) < 4.78 is 16.2. The van der Waals surface area contributed by atoms with Crippen molar-refractivity contribution in [1.29, 1.82) is 0 Å². The van der Waals surface area contributed by atoms with E-state index < -0.39 is 0 Å². The summed E-state index contributed by atoms with van der Waals surface area (Å²) in [5.74, 6) is 1.05. The van der Waals surface area contributed by atoms with Crippen LogP contribution >= 0.6 is 0 Å². The number of hydrazone groups is 1. The summed E-state index contributed by atoms with van der Waals surface area (Å²) in [4.78, 5) is 24.1. The van der Waals surface area contributed by atoms with Crippen molar-refractivity contribution in [1.82, 2.24) is 5.43 Å². The van der Waals surface area contributed by atoms with Crippen LogP contribution < -0.4 is 25.0 Å². The number of benzene rings is 2. The number of para-hydroxylation sites is 3. The zero-order chi connectivity index (χ0) is 21.8. The lowest BCUT2D eigenvalue weighted by atomic mass is 10.2. The monoisotopic (exact) mass is 413 g/mol. The number of methoxy groups -OCH3 is 2. The Labute approximate surface area is 176 Å². The molecule has 0 atom stereocenters. The summed E-state index contributed by atoms with van der Waals surface area (Å²) in [6.07, 6.45) is 2.35. The minimum atomic E-state index is -0.375. The summed E-state index contributed by atoms with van der Waals surface area (Å²) in [5, 5.41) is 6.69. The van der Waals surface area contributed by atoms with E-state index in [1.165, 1.54) is 13.3 Å². The lowest BCUT2D eigenvalue weighted by molar-refractivity contribution is -0.124. The van der Waals surface area contributed by atoms with Crippen molar-refractivity contribution >= 4 is 23.7 Å². The van der Waals surface area contributed by atoms with Crippen LogP contribution in [0.3, 0.4) is 0 Å². The predicted octanol–water partition coefficient (Wildman–Crippen LogP) is 3.36. The molecule has 2 rings (SSSR count). The highest BCUT2D eigenvalue weighted by Gasteiger charge is 2.11. The lowest BCUT2D eigenvalue weighted by Crippen LogP contribution is -2.20. The van der Waals surface area contributed by atoms with Crippen LogP contribution in [-0.4, -0.2) is 38.9 Å². The van der Waals surface area contributed by atoms with Gasteiger partial charge in [-0.1, -0.05) is 25.1 Å².